The molecule has 0 aromatic heterocycles. The molecule has 0 aromatic rings. The Bertz CT molecular complexity index is 92.7. The lowest BCUT2D eigenvalue weighted by Crippen LogP contribution is -2.20. The fourth-order valence-electron chi connectivity index (χ4n) is 1.43. The summed E-state index contributed by atoms with van der Waals surface area (Å²) in [7, 11) is 2.19. The molecule has 0 spiro atoms. The summed E-state index contributed by atoms with van der Waals surface area (Å²) in [5, 5.41) is 3.20. The van der Waals surface area contributed by atoms with Gasteiger partial charge in [-0.2, -0.15) is 0 Å². The summed E-state index contributed by atoms with van der Waals surface area (Å²) in [6.45, 7) is 14.1. The van der Waals surface area contributed by atoms with Crippen LogP contribution in [0.3, 0.4) is 0 Å². The van der Waals surface area contributed by atoms with E-state index in [9.17, 15) is 0 Å². The standard InChI is InChI=1S/C6H13N.C5H13N.C2H6/c1-6-4-3-5-7(6)2;1-3-5-6-4-2;1-2/h6H,3-5H2,1-2H3;6H,3-5H2,1-2H3;1-2H3. The van der Waals surface area contributed by atoms with Gasteiger partial charge in [-0.1, -0.05) is 27.7 Å². The molecule has 1 rings (SSSR count). The van der Waals surface area contributed by atoms with Crippen LogP contribution in [0.25, 0.3) is 0 Å². The van der Waals surface area contributed by atoms with Crippen molar-refractivity contribution in [2.24, 2.45) is 0 Å². The topological polar surface area (TPSA) is 15.3 Å². The summed E-state index contributed by atoms with van der Waals surface area (Å²) in [6.07, 6.45) is 4.04. The summed E-state index contributed by atoms with van der Waals surface area (Å²) < 4.78 is 0. The van der Waals surface area contributed by atoms with E-state index >= 15 is 0 Å². The number of hydrogen-bond donors (Lipinski definition) is 1. The molecule has 1 N–H and O–H groups in total. The average Bonchev–Trinajstić information content (AvgIpc) is 2.64. The van der Waals surface area contributed by atoms with Crippen LogP contribution in [0.15, 0.2) is 0 Å². The lowest BCUT2D eigenvalue weighted by Gasteiger charge is -2.12. The molecule has 1 unspecified atom stereocenters. The molecule has 2 heteroatoms. The van der Waals surface area contributed by atoms with Gasteiger partial charge in [0, 0.05) is 6.04 Å². The average molecular weight is 216 g/mol. The minimum Gasteiger partial charge on any atom is -0.317 e. The predicted molar refractivity (Wildman–Crippen MR) is 71.5 cm³/mol. The second-order valence-electron chi connectivity index (χ2n) is 3.83. The summed E-state index contributed by atoms with van der Waals surface area (Å²) in [4.78, 5) is 2.40. The lowest BCUT2D eigenvalue weighted by molar-refractivity contribution is 0.331. The van der Waals surface area contributed by atoms with Gasteiger partial charge in [0.05, 0.1) is 0 Å². The van der Waals surface area contributed by atoms with Gasteiger partial charge < -0.3 is 10.2 Å². The van der Waals surface area contributed by atoms with Gasteiger partial charge in [-0.3, -0.25) is 0 Å². The van der Waals surface area contributed by atoms with E-state index in [1.165, 1.54) is 25.8 Å². The van der Waals surface area contributed by atoms with E-state index in [-0.39, 0.29) is 0 Å². The SMILES string of the molecule is CC.CC1CCCN1C.CCCNCC. The summed E-state index contributed by atoms with van der Waals surface area (Å²) in [6, 6.07) is 0.847. The van der Waals surface area contributed by atoms with Crippen molar-refractivity contribution in [1.29, 1.82) is 0 Å². The number of hydrogen-bond acceptors (Lipinski definition) is 2. The number of nitrogens with one attached hydrogen (secondary N) is 1. The molecule has 0 aromatic carbocycles. The highest BCUT2D eigenvalue weighted by molar-refractivity contribution is 4.70. The van der Waals surface area contributed by atoms with Gasteiger partial charge in [0.1, 0.15) is 0 Å². The van der Waals surface area contributed by atoms with Crippen LogP contribution >= 0.6 is 0 Å². The van der Waals surface area contributed by atoms with Crippen molar-refractivity contribution in [3.63, 3.8) is 0 Å². The van der Waals surface area contributed by atoms with E-state index in [0.29, 0.717) is 0 Å². The first-order chi connectivity index (χ1) is 7.22. The Hall–Kier alpha value is -0.0800. The van der Waals surface area contributed by atoms with Gasteiger partial charge in [-0.25, -0.2) is 0 Å². The Morgan fingerprint density at radius 2 is 1.87 bits per heavy atom. The summed E-state index contributed by atoms with van der Waals surface area (Å²) in [5.74, 6) is 0. The molecule has 1 aliphatic rings. The predicted octanol–water partition coefficient (Wildman–Crippen LogP) is 3.13. The maximum Gasteiger partial charge on any atom is 0.00643 e. The van der Waals surface area contributed by atoms with Crippen molar-refractivity contribution >= 4 is 0 Å². The van der Waals surface area contributed by atoms with Gasteiger partial charge in [-0.05, 0) is 52.9 Å². The van der Waals surface area contributed by atoms with Crippen LogP contribution in [0.4, 0.5) is 0 Å². The van der Waals surface area contributed by atoms with Crippen molar-refractivity contribution in [3.05, 3.63) is 0 Å². The molecule has 1 aliphatic heterocycles. The molecule has 1 heterocycles. The third kappa shape index (κ3) is 11.8. The minimum atomic E-state index is 0.847. The summed E-state index contributed by atoms with van der Waals surface area (Å²) in [5.41, 5.74) is 0. The Balaban J connectivity index is 0. The van der Waals surface area contributed by atoms with Crippen molar-refractivity contribution in [2.45, 2.75) is 59.9 Å². The maximum absolute atomic E-state index is 3.20. The molecule has 15 heavy (non-hydrogen) atoms. The van der Waals surface area contributed by atoms with Gasteiger partial charge in [0.2, 0.25) is 0 Å². The number of rotatable bonds is 3. The monoisotopic (exact) mass is 216 g/mol. The van der Waals surface area contributed by atoms with Crippen LogP contribution in [0.5, 0.6) is 0 Å². The maximum atomic E-state index is 3.20. The van der Waals surface area contributed by atoms with Crippen LogP contribution in [0.2, 0.25) is 0 Å². The molecule has 0 saturated carbocycles. The van der Waals surface area contributed by atoms with E-state index < -0.39 is 0 Å². The molecule has 94 valence electrons. The van der Waals surface area contributed by atoms with Crippen LogP contribution in [-0.2, 0) is 0 Å². The lowest BCUT2D eigenvalue weighted by atomic mass is 10.3. The zero-order chi connectivity index (χ0) is 12.1. The van der Waals surface area contributed by atoms with E-state index in [1.54, 1.807) is 0 Å². The van der Waals surface area contributed by atoms with E-state index in [0.717, 1.165) is 19.1 Å². The van der Waals surface area contributed by atoms with Crippen molar-refractivity contribution in [2.75, 3.05) is 26.7 Å². The van der Waals surface area contributed by atoms with Crippen LogP contribution in [-0.4, -0.2) is 37.6 Å². The van der Waals surface area contributed by atoms with Crippen molar-refractivity contribution < 1.29 is 0 Å². The highest BCUT2D eigenvalue weighted by Crippen LogP contribution is 2.12. The minimum absolute atomic E-state index is 0.847. The van der Waals surface area contributed by atoms with Crippen molar-refractivity contribution in [3.8, 4) is 0 Å². The summed E-state index contributed by atoms with van der Waals surface area (Å²) >= 11 is 0. The molecule has 1 fully saturated rings. The zero-order valence-electron chi connectivity index (χ0n) is 11.8. The zero-order valence-corrected chi connectivity index (χ0v) is 11.8. The van der Waals surface area contributed by atoms with Crippen molar-refractivity contribution in [1.82, 2.24) is 10.2 Å². The number of likely N-dealkylation sites (tertiary alicyclic amines) is 1. The third-order valence-electron chi connectivity index (χ3n) is 2.56. The van der Waals surface area contributed by atoms with Gasteiger partial charge in [0.15, 0.2) is 0 Å². The fraction of sp³-hybridized carbons (Fsp3) is 1.00. The first kappa shape index (κ1) is 17.3. The molecule has 2 nitrogen and oxygen atoms in total. The van der Waals surface area contributed by atoms with E-state index in [4.69, 9.17) is 0 Å². The number of nitrogens with zero attached hydrogens (tertiary/aromatic N) is 1. The molecule has 1 saturated heterocycles. The van der Waals surface area contributed by atoms with Gasteiger partial charge in [0.25, 0.3) is 0 Å². The normalized spacial score (nSPS) is 20.0. The molecule has 1 atom stereocenters. The smallest absolute Gasteiger partial charge is 0.00643 e. The quantitative estimate of drug-likeness (QED) is 0.729. The van der Waals surface area contributed by atoms with Gasteiger partial charge >= 0.3 is 0 Å². The fourth-order valence-corrected chi connectivity index (χ4v) is 1.43. The van der Waals surface area contributed by atoms with Crippen LogP contribution in [0.1, 0.15) is 53.9 Å². The van der Waals surface area contributed by atoms with Crippen LogP contribution < -0.4 is 5.32 Å². The molecular weight excluding hydrogens is 184 g/mol. The first-order valence-corrected chi connectivity index (χ1v) is 6.63. The third-order valence-corrected chi connectivity index (χ3v) is 2.56. The Labute approximate surface area is 97.4 Å². The Morgan fingerprint density at radius 1 is 1.27 bits per heavy atom. The van der Waals surface area contributed by atoms with Gasteiger partial charge in [-0.15, -0.1) is 0 Å². The second-order valence-corrected chi connectivity index (χ2v) is 3.83. The first-order valence-electron chi connectivity index (χ1n) is 6.63. The van der Waals surface area contributed by atoms with E-state index in [2.05, 4.69) is 38.0 Å². The largest absolute Gasteiger partial charge is 0.317 e. The molecule has 0 radical (unpaired) electrons. The Kier molecular flexibility index (Phi) is 16.1. The molecule has 0 aliphatic carbocycles. The van der Waals surface area contributed by atoms with Crippen LogP contribution in [0, 0.1) is 0 Å². The highest BCUT2D eigenvalue weighted by Gasteiger charge is 2.14. The molecular formula is C13H32N2. The highest BCUT2D eigenvalue weighted by atomic mass is 15.1. The van der Waals surface area contributed by atoms with E-state index in [1.807, 2.05) is 13.8 Å². The Morgan fingerprint density at radius 3 is 2.00 bits per heavy atom. The second kappa shape index (κ2) is 13.9. The molecule has 0 amide bonds. The molecule has 0 bridgehead atoms.